The highest BCUT2D eigenvalue weighted by atomic mass is 35.5. The summed E-state index contributed by atoms with van der Waals surface area (Å²) >= 11 is 6.12. The average molecular weight is 363 g/mol. The standard InChI is InChI=1S/C20H24ClFN2O/c1-25-16-7-4-6-15(12-16)20(24-10-2-3-11-24)14-23-13-17-18(21)8-5-9-19(17)22/h4-9,12,20,23H,2-3,10-11,13-14H2,1H3/t20-/m0/s1. The van der Waals surface area contributed by atoms with Crippen molar-refractivity contribution in [1.82, 2.24) is 10.2 Å². The highest BCUT2D eigenvalue weighted by molar-refractivity contribution is 6.31. The minimum Gasteiger partial charge on any atom is -0.497 e. The summed E-state index contributed by atoms with van der Waals surface area (Å²) in [4.78, 5) is 2.48. The van der Waals surface area contributed by atoms with E-state index in [-0.39, 0.29) is 11.9 Å². The third-order valence-electron chi connectivity index (χ3n) is 4.76. The van der Waals surface area contributed by atoms with Crippen molar-refractivity contribution in [2.75, 3.05) is 26.7 Å². The lowest BCUT2D eigenvalue weighted by atomic mass is 10.0. The fourth-order valence-corrected chi connectivity index (χ4v) is 3.62. The van der Waals surface area contributed by atoms with E-state index in [9.17, 15) is 4.39 Å². The second-order valence-corrected chi connectivity index (χ2v) is 6.77. The van der Waals surface area contributed by atoms with E-state index >= 15 is 0 Å². The van der Waals surface area contributed by atoms with Crippen molar-refractivity contribution >= 4 is 11.6 Å². The van der Waals surface area contributed by atoms with Crippen LogP contribution in [-0.2, 0) is 6.54 Å². The summed E-state index contributed by atoms with van der Waals surface area (Å²) in [6, 6.07) is 13.2. The first-order valence-corrected chi connectivity index (χ1v) is 9.08. The maximum absolute atomic E-state index is 13.9. The summed E-state index contributed by atoms with van der Waals surface area (Å²) < 4.78 is 19.3. The van der Waals surface area contributed by atoms with Gasteiger partial charge >= 0.3 is 0 Å². The number of nitrogens with zero attached hydrogens (tertiary/aromatic N) is 1. The molecule has 3 nitrogen and oxygen atoms in total. The Balaban J connectivity index is 1.72. The molecule has 1 aliphatic rings. The molecule has 0 unspecified atom stereocenters. The van der Waals surface area contributed by atoms with Gasteiger partial charge in [0.15, 0.2) is 0 Å². The number of rotatable bonds is 7. The van der Waals surface area contributed by atoms with Crippen LogP contribution in [0.25, 0.3) is 0 Å². The average Bonchev–Trinajstić information content (AvgIpc) is 3.15. The summed E-state index contributed by atoms with van der Waals surface area (Å²) in [7, 11) is 1.68. The lowest BCUT2D eigenvalue weighted by Gasteiger charge is -2.28. The smallest absolute Gasteiger partial charge is 0.129 e. The van der Waals surface area contributed by atoms with Crippen molar-refractivity contribution < 1.29 is 9.13 Å². The van der Waals surface area contributed by atoms with Gasteiger partial charge in [-0.2, -0.15) is 0 Å². The third-order valence-corrected chi connectivity index (χ3v) is 5.12. The van der Waals surface area contributed by atoms with Gasteiger partial charge in [0.1, 0.15) is 11.6 Å². The molecule has 1 saturated heterocycles. The molecule has 1 N–H and O–H groups in total. The summed E-state index contributed by atoms with van der Waals surface area (Å²) in [5, 5.41) is 3.85. The van der Waals surface area contributed by atoms with Gasteiger partial charge in [0.25, 0.3) is 0 Å². The molecule has 1 heterocycles. The number of benzene rings is 2. The first kappa shape index (κ1) is 18.2. The highest BCUT2D eigenvalue weighted by Gasteiger charge is 2.23. The van der Waals surface area contributed by atoms with Gasteiger partial charge in [-0.15, -0.1) is 0 Å². The molecular weight excluding hydrogens is 339 g/mol. The number of hydrogen-bond donors (Lipinski definition) is 1. The molecule has 0 aliphatic carbocycles. The van der Waals surface area contributed by atoms with E-state index in [1.165, 1.54) is 24.5 Å². The largest absolute Gasteiger partial charge is 0.497 e. The lowest BCUT2D eigenvalue weighted by Crippen LogP contribution is -2.34. The van der Waals surface area contributed by atoms with Gasteiger partial charge in [-0.25, -0.2) is 4.39 Å². The van der Waals surface area contributed by atoms with E-state index in [0.29, 0.717) is 17.1 Å². The van der Waals surface area contributed by atoms with Crippen molar-refractivity contribution in [2.24, 2.45) is 0 Å². The van der Waals surface area contributed by atoms with Gasteiger partial charge < -0.3 is 10.1 Å². The molecule has 5 heteroatoms. The molecule has 25 heavy (non-hydrogen) atoms. The van der Waals surface area contributed by atoms with Crippen LogP contribution in [0.1, 0.15) is 30.0 Å². The molecular formula is C20H24ClFN2O. The number of methoxy groups -OCH3 is 1. The molecule has 1 atom stereocenters. The summed E-state index contributed by atoms with van der Waals surface area (Å²) in [5.74, 6) is 0.595. The van der Waals surface area contributed by atoms with E-state index < -0.39 is 0 Å². The molecule has 0 radical (unpaired) electrons. The maximum Gasteiger partial charge on any atom is 0.129 e. The van der Waals surface area contributed by atoms with Crippen molar-refractivity contribution in [3.63, 3.8) is 0 Å². The van der Waals surface area contributed by atoms with E-state index in [4.69, 9.17) is 16.3 Å². The van der Waals surface area contributed by atoms with Crippen LogP contribution in [0.5, 0.6) is 5.75 Å². The number of halogens is 2. The van der Waals surface area contributed by atoms with Crippen LogP contribution in [0.4, 0.5) is 4.39 Å². The molecule has 2 aromatic carbocycles. The fourth-order valence-electron chi connectivity index (χ4n) is 3.39. The fraction of sp³-hybridized carbons (Fsp3) is 0.400. The zero-order chi connectivity index (χ0) is 17.6. The Bertz CT molecular complexity index is 684. The van der Waals surface area contributed by atoms with Crippen LogP contribution < -0.4 is 10.1 Å². The van der Waals surface area contributed by atoms with Crippen LogP contribution in [0, 0.1) is 5.82 Å². The van der Waals surface area contributed by atoms with Crippen LogP contribution in [-0.4, -0.2) is 31.6 Å². The van der Waals surface area contributed by atoms with Crippen molar-refractivity contribution in [3.8, 4) is 5.75 Å². The molecule has 0 spiro atoms. The number of ether oxygens (including phenoxy) is 1. The molecule has 1 fully saturated rings. The lowest BCUT2D eigenvalue weighted by molar-refractivity contribution is 0.237. The Hall–Kier alpha value is -1.62. The van der Waals surface area contributed by atoms with Gasteiger partial charge in [-0.3, -0.25) is 4.90 Å². The number of likely N-dealkylation sites (tertiary alicyclic amines) is 1. The summed E-state index contributed by atoms with van der Waals surface area (Å²) in [5.41, 5.74) is 1.74. The molecule has 2 aromatic rings. The predicted molar refractivity (Wildman–Crippen MR) is 99.7 cm³/mol. The monoisotopic (exact) mass is 362 g/mol. The number of nitrogens with one attached hydrogen (secondary N) is 1. The SMILES string of the molecule is COc1cccc([C@H](CNCc2c(F)cccc2Cl)N2CCCC2)c1. The second kappa shape index (κ2) is 8.65. The predicted octanol–water partition coefficient (Wildman–Crippen LogP) is 4.41. The maximum atomic E-state index is 13.9. The van der Waals surface area contributed by atoms with Gasteiger partial charge in [-0.1, -0.05) is 29.8 Å². The van der Waals surface area contributed by atoms with Crippen LogP contribution in [0.15, 0.2) is 42.5 Å². The van der Waals surface area contributed by atoms with E-state index in [2.05, 4.69) is 22.3 Å². The molecule has 134 valence electrons. The van der Waals surface area contributed by atoms with Crippen molar-refractivity contribution in [3.05, 3.63) is 64.4 Å². The molecule has 0 aromatic heterocycles. The van der Waals surface area contributed by atoms with Gasteiger partial charge in [-0.05, 0) is 55.8 Å². The topological polar surface area (TPSA) is 24.5 Å². The Morgan fingerprint density at radius 3 is 2.68 bits per heavy atom. The minimum absolute atomic E-state index is 0.239. The Morgan fingerprint density at radius 1 is 1.20 bits per heavy atom. The first-order valence-electron chi connectivity index (χ1n) is 8.70. The Kier molecular flexibility index (Phi) is 6.29. The summed E-state index contributed by atoms with van der Waals surface area (Å²) in [6.07, 6.45) is 2.44. The normalized spacial score (nSPS) is 16.1. The van der Waals surface area contributed by atoms with Gasteiger partial charge in [0, 0.05) is 29.7 Å². The zero-order valence-corrected chi connectivity index (χ0v) is 15.2. The van der Waals surface area contributed by atoms with E-state index in [1.54, 1.807) is 19.2 Å². The van der Waals surface area contributed by atoms with E-state index in [0.717, 1.165) is 25.4 Å². The van der Waals surface area contributed by atoms with Crippen LogP contribution >= 0.6 is 11.6 Å². The van der Waals surface area contributed by atoms with Crippen LogP contribution in [0.3, 0.4) is 0 Å². The Morgan fingerprint density at radius 2 is 1.96 bits per heavy atom. The molecule has 0 saturated carbocycles. The number of hydrogen-bond acceptors (Lipinski definition) is 3. The van der Waals surface area contributed by atoms with Crippen molar-refractivity contribution in [1.29, 1.82) is 0 Å². The molecule has 3 rings (SSSR count). The second-order valence-electron chi connectivity index (χ2n) is 6.37. The summed E-state index contributed by atoms with van der Waals surface area (Å²) in [6.45, 7) is 3.33. The molecule has 0 amide bonds. The van der Waals surface area contributed by atoms with Crippen molar-refractivity contribution in [2.45, 2.75) is 25.4 Å². The third kappa shape index (κ3) is 4.51. The molecule has 0 bridgehead atoms. The highest BCUT2D eigenvalue weighted by Crippen LogP contribution is 2.27. The Labute approximate surface area is 153 Å². The molecule has 1 aliphatic heterocycles. The van der Waals surface area contributed by atoms with Crippen LogP contribution in [0.2, 0.25) is 5.02 Å². The van der Waals surface area contributed by atoms with E-state index in [1.807, 2.05) is 12.1 Å². The quantitative estimate of drug-likeness (QED) is 0.789. The zero-order valence-electron chi connectivity index (χ0n) is 14.5. The van der Waals surface area contributed by atoms with Gasteiger partial charge in [0.2, 0.25) is 0 Å². The minimum atomic E-state index is -0.265. The van der Waals surface area contributed by atoms with Gasteiger partial charge in [0.05, 0.1) is 7.11 Å². The first-order chi connectivity index (χ1) is 12.2.